The van der Waals surface area contributed by atoms with Gasteiger partial charge in [0.2, 0.25) is 0 Å². The molecule has 1 aliphatic heterocycles. The lowest BCUT2D eigenvalue weighted by molar-refractivity contribution is -0.186. The van der Waals surface area contributed by atoms with Gasteiger partial charge in [-0.15, -0.1) is 11.8 Å². The molecule has 0 bridgehead atoms. The maximum absolute atomic E-state index is 13.8. The molecule has 1 heterocycles. The van der Waals surface area contributed by atoms with E-state index in [0.717, 1.165) is 16.2 Å². The van der Waals surface area contributed by atoms with Crippen molar-refractivity contribution in [3.05, 3.63) is 10.3 Å². The number of halogens is 4. The summed E-state index contributed by atoms with van der Waals surface area (Å²) in [5, 5.41) is 10.1. The van der Waals surface area contributed by atoms with E-state index in [4.69, 9.17) is 0 Å². The molecule has 0 saturated heterocycles. The van der Waals surface area contributed by atoms with E-state index in [2.05, 4.69) is 0 Å². The molecule has 3 unspecified atom stereocenters. The number of thioether (sulfide) groups is 1. The standard InChI is InChI=1S/C17H28F4N2OS2/c1-4-23(26-14-10-9-13(25-14)16(24)22(2)3)15(17(19,20)21)11-5-7-12(18)8-6-11/h10-13,15-16,24H,4-9H2,1-3H3. The molecule has 26 heavy (non-hydrogen) atoms. The van der Waals surface area contributed by atoms with Crippen LogP contribution in [0.25, 0.3) is 0 Å². The third-order valence-electron chi connectivity index (χ3n) is 4.96. The second kappa shape index (κ2) is 9.49. The van der Waals surface area contributed by atoms with Crippen molar-refractivity contribution in [3.63, 3.8) is 0 Å². The Morgan fingerprint density at radius 1 is 1.27 bits per heavy atom. The molecule has 2 rings (SSSR count). The van der Waals surface area contributed by atoms with Crippen LogP contribution in [-0.4, -0.2) is 64.8 Å². The van der Waals surface area contributed by atoms with Crippen molar-refractivity contribution in [1.29, 1.82) is 0 Å². The van der Waals surface area contributed by atoms with Gasteiger partial charge in [0.1, 0.15) is 18.4 Å². The fourth-order valence-electron chi connectivity index (χ4n) is 3.53. The highest BCUT2D eigenvalue weighted by Gasteiger charge is 2.49. The summed E-state index contributed by atoms with van der Waals surface area (Å²) in [4.78, 5) is 1.70. The van der Waals surface area contributed by atoms with Crippen LogP contribution in [0.3, 0.4) is 0 Å². The maximum Gasteiger partial charge on any atom is 0.405 e. The first-order chi connectivity index (χ1) is 12.1. The average molecular weight is 417 g/mol. The molecule has 0 radical (unpaired) electrons. The summed E-state index contributed by atoms with van der Waals surface area (Å²) in [5.41, 5.74) is 0. The highest BCUT2D eigenvalue weighted by atomic mass is 32.2. The SMILES string of the molecule is CCN(SC1=CCC(C(O)N(C)C)S1)C(C1CCC(F)CC1)C(F)(F)F. The lowest BCUT2D eigenvalue weighted by Crippen LogP contribution is -2.48. The summed E-state index contributed by atoms with van der Waals surface area (Å²) < 4.78 is 57.0. The van der Waals surface area contributed by atoms with Gasteiger partial charge in [0.05, 0.1) is 9.49 Å². The van der Waals surface area contributed by atoms with Gasteiger partial charge in [0, 0.05) is 6.54 Å². The van der Waals surface area contributed by atoms with Crippen LogP contribution in [0.15, 0.2) is 10.3 Å². The second-order valence-electron chi connectivity index (χ2n) is 7.12. The van der Waals surface area contributed by atoms with E-state index in [1.807, 2.05) is 6.08 Å². The normalized spacial score (nSPS) is 29.9. The van der Waals surface area contributed by atoms with E-state index >= 15 is 0 Å². The van der Waals surface area contributed by atoms with Crippen LogP contribution >= 0.6 is 23.7 Å². The lowest BCUT2D eigenvalue weighted by atomic mass is 9.82. The molecule has 3 nitrogen and oxygen atoms in total. The van der Waals surface area contributed by atoms with Crippen molar-refractivity contribution in [1.82, 2.24) is 9.21 Å². The van der Waals surface area contributed by atoms with E-state index < -0.39 is 30.5 Å². The quantitative estimate of drug-likeness (QED) is 0.371. The highest BCUT2D eigenvalue weighted by Crippen LogP contribution is 2.47. The Kier molecular flexibility index (Phi) is 8.15. The van der Waals surface area contributed by atoms with Gasteiger partial charge in [0.25, 0.3) is 0 Å². The summed E-state index contributed by atoms with van der Waals surface area (Å²) in [6, 6.07) is -1.57. The zero-order valence-electron chi connectivity index (χ0n) is 15.4. The molecule has 1 fully saturated rings. The Balaban J connectivity index is 2.04. The number of aliphatic hydroxyl groups is 1. The third-order valence-corrected chi connectivity index (χ3v) is 7.67. The molecule has 152 valence electrons. The Morgan fingerprint density at radius 2 is 1.88 bits per heavy atom. The fraction of sp³-hybridized carbons (Fsp3) is 0.882. The number of allylic oxidation sites excluding steroid dienone is 1. The summed E-state index contributed by atoms with van der Waals surface area (Å²) in [5.74, 6) is -0.565. The summed E-state index contributed by atoms with van der Waals surface area (Å²) in [7, 11) is 3.55. The smallest absolute Gasteiger partial charge is 0.377 e. The molecule has 0 aromatic heterocycles. The highest BCUT2D eigenvalue weighted by molar-refractivity contribution is 8.21. The fourth-order valence-corrected chi connectivity index (χ4v) is 6.34. The zero-order valence-corrected chi connectivity index (χ0v) is 17.0. The van der Waals surface area contributed by atoms with Crippen molar-refractivity contribution in [2.45, 2.75) is 68.9 Å². The molecule has 1 aliphatic carbocycles. The molecule has 0 aromatic rings. The number of nitrogens with zero attached hydrogens (tertiary/aromatic N) is 2. The Labute approximate surface area is 161 Å². The molecule has 1 N–H and O–H groups in total. The monoisotopic (exact) mass is 416 g/mol. The molecule has 1 saturated carbocycles. The van der Waals surface area contributed by atoms with Gasteiger partial charge in [-0.1, -0.05) is 13.0 Å². The molecular formula is C17H28F4N2OS2. The van der Waals surface area contributed by atoms with Gasteiger partial charge in [0.15, 0.2) is 0 Å². The van der Waals surface area contributed by atoms with Crippen molar-refractivity contribution in [2.75, 3.05) is 20.6 Å². The van der Waals surface area contributed by atoms with Crippen molar-refractivity contribution >= 4 is 23.7 Å². The minimum absolute atomic E-state index is 0.0717. The molecular weight excluding hydrogens is 388 g/mol. The number of alkyl halides is 4. The van der Waals surface area contributed by atoms with Gasteiger partial charge >= 0.3 is 6.18 Å². The van der Waals surface area contributed by atoms with Crippen LogP contribution in [0.1, 0.15) is 39.0 Å². The lowest BCUT2D eigenvalue weighted by Gasteiger charge is -2.39. The summed E-state index contributed by atoms with van der Waals surface area (Å²) in [6.45, 7) is 1.97. The summed E-state index contributed by atoms with van der Waals surface area (Å²) >= 11 is 2.56. The van der Waals surface area contributed by atoms with Crippen molar-refractivity contribution < 1.29 is 22.7 Å². The molecule has 0 amide bonds. The first-order valence-corrected chi connectivity index (χ1v) is 10.7. The number of aliphatic hydroxyl groups excluding tert-OH is 1. The van der Waals surface area contributed by atoms with E-state index in [0.29, 0.717) is 6.42 Å². The maximum atomic E-state index is 13.8. The second-order valence-corrected chi connectivity index (χ2v) is 9.75. The molecule has 2 aliphatic rings. The van der Waals surface area contributed by atoms with Crippen molar-refractivity contribution in [2.24, 2.45) is 5.92 Å². The van der Waals surface area contributed by atoms with Gasteiger partial charge in [-0.05, 0) is 64.1 Å². The van der Waals surface area contributed by atoms with Crippen LogP contribution in [0.5, 0.6) is 0 Å². The van der Waals surface area contributed by atoms with Crippen LogP contribution in [0.2, 0.25) is 0 Å². The van der Waals surface area contributed by atoms with Crippen LogP contribution in [0.4, 0.5) is 17.6 Å². The van der Waals surface area contributed by atoms with E-state index in [-0.39, 0.29) is 37.5 Å². The minimum Gasteiger partial charge on any atom is -0.377 e. The zero-order chi connectivity index (χ0) is 19.5. The topological polar surface area (TPSA) is 26.7 Å². The average Bonchev–Trinajstić information content (AvgIpc) is 3.02. The van der Waals surface area contributed by atoms with Gasteiger partial charge < -0.3 is 5.11 Å². The predicted molar refractivity (Wildman–Crippen MR) is 100 cm³/mol. The van der Waals surface area contributed by atoms with Gasteiger partial charge in [-0.25, -0.2) is 8.70 Å². The Bertz CT molecular complexity index is 482. The van der Waals surface area contributed by atoms with Gasteiger partial charge in [-0.2, -0.15) is 13.2 Å². The summed E-state index contributed by atoms with van der Waals surface area (Å²) in [6.07, 6.45) is -2.43. The Hall–Kier alpha value is 0.0400. The minimum atomic E-state index is -4.34. The van der Waals surface area contributed by atoms with E-state index in [1.54, 1.807) is 25.9 Å². The first kappa shape index (κ1) is 22.3. The third kappa shape index (κ3) is 5.77. The molecule has 0 spiro atoms. The number of hydrogen-bond acceptors (Lipinski definition) is 5. The van der Waals surface area contributed by atoms with Crippen molar-refractivity contribution in [3.8, 4) is 0 Å². The largest absolute Gasteiger partial charge is 0.405 e. The van der Waals surface area contributed by atoms with Crippen LogP contribution < -0.4 is 0 Å². The first-order valence-electron chi connectivity index (χ1n) is 9.00. The number of rotatable bonds is 7. The molecule has 3 atom stereocenters. The van der Waals surface area contributed by atoms with Crippen LogP contribution in [0, 0.1) is 5.92 Å². The van der Waals surface area contributed by atoms with E-state index in [9.17, 15) is 22.7 Å². The molecule has 0 aromatic carbocycles. The number of hydrogen-bond donors (Lipinski definition) is 1. The van der Waals surface area contributed by atoms with Crippen LogP contribution in [-0.2, 0) is 0 Å². The Morgan fingerprint density at radius 3 is 2.38 bits per heavy atom. The van der Waals surface area contributed by atoms with Gasteiger partial charge in [-0.3, -0.25) is 4.90 Å². The predicted octanol–water partition coefficient (Wildman–Crippen LogP) is 4.64. The molecule has 9 heteroatoms. The van der Waals surface area contributed by atoms with E-state index in [1.165, 1.54) is 16.1 Å².